The summed E-state index contributed by atoms with van der Waals surface area (Å²) in [5, 5.41) is 0. The van der Waals surface area contributed by atoms with Crippen molar-refractivity contribution in [3.05, 3.63) is 0 Å². The summed E-state index contributed by atoms with van der Waals surface area (Å²) in [5.74, 6) is -3.83. The summed E-state index contributed by atoms with van der Waals surface area (Å²) in [6.07, 6.45) is -38.1. The van der Waals surface area contributed by atoms with E-state index in [2.05, 4.69) is 0 Å². The normalized spacial score (nSPS) is 15.8. The van der Waals surface area contributed by atoms with Crippen molar-refractivity contribution in [1.82, 2.24) is 0 Å². The minimum absolute atomic E-state index is 0.104. The lowest BCUT2D eigenvalue weighted by molar-refractivity contribution is -0.381. The van der Waals surface area contributed by atoms with E-state index in [0.717, 1.165) is 0 Å². The molecule has 0 aromatic rings. The van der Waals surface area contributed by atoms with E-state index in [-0.39, 0.29) is 20.8 Å². The summed E-state index contributed by atoms with van der Waals surface area (Å²) in [4.78, 5) is 0. The predicted octanol–water partition coefficient (Wildman–Crippen LogP) is 9.06. The summed E-state index contributed by atoms with van der Waals surface area (Å²) in [5.41, 5.74) is -9.10. The average molecular weight is 562 g/mol. The van der Waals surface area contributed by atoms with Gasteiger partial charge in [0.15, 0.2) is 10.8 Å². The van der Waals surface area contributed by atoms with Crippen LogP contribution in [0.4, 0.5) is 87.8 Å². The molecule has 210 valence electrons. The van der Waals surface area contributed by atoms with Gasteiger partial charge in [0.2, 0.25) is 6.17 Å². The van der Waals surface area contributed by atoms with Crippen LogP contribution in [0.1, 0.15) is 27.7 Å². The molecule has 1 unspecified atom stereocenters. The SMILES string of the molecule is CC(C(F)C(F)(F)F)(C(F)(F)F)C(F)(F)F.CC(C)(C(F)(F)F)C(F)(F)F.CC(F)(F)C(F)F. The number of halogens is 20. The quantitative estimate of drug-likeness (QED) is 0.295. The minimum Gasteiger partial charge on any atom is -0.236 e. The zero-order chi connectivity index (χ0) is 29.2. The molecule has 0 heterocycles. The second kappa shape index (κ2) is 10.7. The third kappa shape index (κ3) is 9.69. The highest BCUT2D eigenvalue weighted by Gasteiger charge is 2.77. The molecular formula is C14H14F20. The van der Waals surface area contributed by atoms with Crippen LogP contribution >= 0.6 is 0 Å². The van der Waals surface area contributed by atoms with Crippen molar-refractivity contribution in [2.45, 2.75) is 77.1 Å². The molecule has 1 atom stereocenters. The molecule has 0 saturated carbocycles. The summed E-state index contributed by atoms with van der Waals surface area (Å²) < 4.78 is 232. The predicted molar refractivity (Wildman–Crippen MR) is 73.7 cm³/mol. The number of rotatable bonds is 2. The Balaban J connectivity index is -0.000000462. The molecule has 0 spiro atoms. The van der Waals surface area contributed by atoms with Crippen LogP contribution in [0.2, 0.25) is 0 Å². The fourth-order valence-corrected chi connectivity index (χ4v) is 0.936. The van der Waals surface area contributed by atoms with Crippen LogP contribution in [-0.2, 0) is 0 Å². The van der Waals surface area contributed by atoms with E-state index >= 15 is 0 Å². The summed E-state index contributed by atoms with van der Waals surface area (Å²) in [6, 6.07) is 0. The van der Waals surface area contributed by atoms with Crippen LogP contribution < -0.4 is 0 Å². The molecule has 0 aromatic carbocycles. The van der Waals surface area contributed by atoms with Crippen LogP contribution in [0.5, 0.6) is 0 Å². The van der Waals surface area contributed by atoms with Gasteiger partial charge in [-0.05, 0) is 20.8 Å². The van der Waals surface area contributed by atoms with Crippen molar-refractivity contribution in [1.29, 1.82) is 0 Å². The van der Waals surface area contributed by atoms with Crippen molar-refractivity contribution in [3.63, 3.8) is 0 Å². The molecule has 0 N–H and O–H groups in total. The fourth-order valence-electron chi connectivity index (χ4n) is 0.936. The van der Waals surface area contributed by atoms with Gasteiger partial charge in [0.05, 0.1) is 0 Å². The van der Waals surface area contributed by atoms with Gasteiger partial charge in [0, 0.05) is 6.92 Å². The third-order valence-electron chi connectivity index (χ3n) is 3.77. The highest BCUT2D eigenvalue weighted by atomic mass is 19.4. The van der Waals surface area contributed by atoms with Gasteiger partial charge in [-0.2, -0.15) is 65.9 Å². The second-order valence-corrected chi connectivity index (χ2v) is 6.98. The molecule has 0 aliphatic carbocycles. The van der Waals surface area contributed by atoms with E-state index in [1.54, 1.807) is 0 Å². The summed E-state index contributed by atoms with van der Waals surface area (Å²) in [7, 11) is 0. The van der Waals surface area contributed by atoms with Gasteiger partial charge in [0.25, 0.3) is 0 Å². The maximum absolute atomic E-state index is 12.4. The molecule has 0 nitrogen and oxygen atoms in total. The molecule has 0 aliphatic rings. The maximum Gasteiger partial charge on any atom is 0.420 e. The first-order valence-electron chi connectivity index (χ1n) is 7.73. The zero-order valence-electron chi connectivity index (χ0n) is 16.7. The number of alkyl halides is 20. The number of hydrogen-bond acceptors (Lipinski definition) is 0. The highest BCUT2D eigenvalue weighted by molar-refractivity contribution is 4.98. The number of hydrogen-bond donors (Lipinski definition) is 0. The van der Waals surface area contributed by atoms with Gasteiger partial charge in [-0.25, -0.2) is 22.0 Å². The van der Waals surface area contributed by atoms with E-state index in [9.17, 15) is 87.8 Å². The maximum atomic E-state index is 12.4. The Morgan fingerprint density at radius 3 is 0.647 bits per heavy atom. The standard InChI is InChI=1S/C6H4F10.C5H6F6.C3H4F4/c1-3(5(11,12)13,6(14,15)16)2(7)4(8,9)10;1-3(2,4(6,7)8)5(9,10)11;1-3(6,7)2(4)5/h2H,1H3;1-2H3;2H,1H3. The van der Waals surface area contributed by atoms with Gasteiger partial charge >= 0.3 is 43.2 Å². The lowest BCUT2D eigenvalue weighted by Crippen LogP contribution is -2.58. The van der Waals surface area contributed by atoms with Gasteiger partial charge in [-0.3, -0.25) is 0 Å². The molecule has 0 radical (unpaired) electrons. The Morgan fingerprint density at radius 1 is 0.412 bits per heavy atom. The fraction of sp³-hybridized carbons (Fsp3) is 1.00. The Hall–Kier alpha value is -1.40. The van der Waals surface area contributed by atoms with Crippen molar-refractivity contribution >= 4 is 0 Å². The summed E-state index contributed by atoms with van der Waals surface area (Å²) >= 11 is 0. The second-order valence-electron chi connectivity index (χ2n) is 6.98. The van der Waals surface area contributed by atoms with Crippen molar-refractivity contribution in [3.8, 4) is 0 Å². The molecule has 20 heteroatoms. The van der Waals surface area contributed by atoms with Crippen LogP contribution in [0, 0.1) is 10.8 Å². The first kappa shape index (κ1) is 37.2. The molecule has 0 fully saturated rings. The third-order valence-corrected chi connectivity index (χ3v) is 3.77. The Bertz CT molecular complexity index is 560. The first-order valence-corrected chi connectivity index (χ1v) is 7.73. The summed E-state index contributed by atoms with van der Waals surface area (Å²) in [6.45, 7) is -0.483. The Labute approximate surface area is 177 Å². The largest absolute Gasteiger partial charge is 0.420 e. The van der Waals surface area contributed by atoms with E-state index in [1.807, 2.05) is 0 Å². The first-order chi connectivity index (χ1) is 14.1. The minimum atomic E-state index is -6.40. The van der Waals surface area contributed by atoms with E-state index in [1.165, 1.54) is 0 Å². The van der Waals surface area contributed by atoms with E-state index in [4.69, 9.17) is 0 Å². The van der Waals surface area contributed by atoms with Crippen molar-refractivity contribution in [2.75, 3.05) is 0 Å². The molecular weight excluding hydrogens is 548 g/mol. The van der Waals surface area contributed by atoms with Crippen LogP contribution in [0.15, 0.2) is 0 Å². The Morgan fingerprint density at radius 2 is 0.618 bits per heavy atom. The lowest BCUT2D eigenvalue weighted by Gasteiger charge is -2.36. The van der Waals surface area contributed by atoms with Crippen molar-refractivity contribution in [2.24, 2.45) is 10.8 Å². The molecule has 0 aliphatic heterocycles. The molecule has 0 saturated heterocycles. The monoisotopic (exact) mass is 562 g/mol. The highest BCUT2D eigenvalue weighted by Crippen LogP contribution is 2.56. The van der Waals surface area contributed by atoms with E-state index in [0.29, 0.717) is 0 Å². The van der Waals surface area contributed by atoms with Crippen LogP contribution in [0.25, 0.3) is 0 Å². The van der Waals surface area contributed by atoms with E-state index < -0.39 is 67.2 Å². The lowest BCUT2D eigenvalue weighted by atomic mass is 9.83. The Kier molecular flexibility index (Phi) is 11.7. The molecule has 0 amide bonds. The van der Waals surface area contributed by atoms with Crippen LogP contribution in [0.3, 0.4) is 0 Å². The molecule has 0 rings (SSSR count). The topological polar surface area (TPSA) is 0 Å². The van der Waals surface area contributed by atoms with Gasteiger partial charge < -0.3 is 0 Å². The van der Waals surface area contributed by atoms with Gasteiger partial charge in [-0.1, -0.05) is 0 Å². The smallest absolute Gasteiger partial charge is 0.236 e. The molecule has 0 bridgehead atoms. The van der Waals surface area contributed by atoms with Crippen molar-refractivity contribution < 1.29 is 87.8 Å². The average Bonchev–Trinajstić information content (AvgIpc) is 2.48. The van der Waals surface area contributed by atoms with Gasteiger partial charge in [-0.15, -0.1) is 0 Å². The van der Waals surface area contributed by atoms with Crippen LogP contribution in [-0.4, -0.2) is 49.4 Å². The molecule has 34 heavy (non-hydrogen) atoms. The molecule has 0 aromatic heterocycles. The zero-order valence-corrected chi connectivity index (χ0v) is 16.7. The van der Waals surface area contributed by atoms with Gasteiger partial charge in [0.1, 0.15) is 0 Å².